The molecule has 6 nitrogen and oxygen atoms in total. The van der Waals surface area contributed by atoms with Gasteiger partial charge in [0, 0.05) is 5.75 Å². The van der Waals surface area contributed by atoms with E-state index in [2.05, 4.69) is 20.2 Å². The molecule has 2 heterocycles. The minimum atomic E-state index is -0.240. The first-order chi connectivity index (χ1) is 12.3. The Labute approximate surface area is 147 Å². The number of H-pyrrole nitrogens is 1. The summed E-state index contributed by atoms with van der Waals surface area (Å²) in [6, 6.07) is 17.5. The predicted octanol–water partition coefficient (Wildman–Crippen LogP) is 3.19. The van der Waals surface area contributed by atoms with Gasteiger partial charge in [-0.05, 0) is 17.7 Å². The number of nitrogens with zero attached hydrogens (tertiary/aromatic N) is 3. The Kier molecular flexibility index (Phi) is 4.30. The number of hydrogen-bond acceptors (Lipinski definition) is 6. The second-order valence-electron chi connectivity index (χ2n) is 5.44. The SMILES string of the molecule is O=c1[nH]c2ccccc2nc1Cc1nnc(SCc2ccccc2)o1. The monoisotopic (exact) mass is 350 g/mol. The molecule has 4 aromatic rings. The van der Waals surface area contributed by atoms with E-state index in [4.69, 9.17) is 4.42 Å². The van der Waals surface area contributed by atoms with Gasteiger partial charge in [-0.25, -0.2) is 4.98 Å². The molecule has 0 aliphatic carbocycles. The van der Waals surface area contributed by atoms with E-state index in [0.29, 0.717) is 22.3 Å². The van der Waals surface area contributed by atoms with E-state index in [1.165, 1.54) is 17.3 Å². The van der Waals surface area contributed by atoms with Crippen molar-refractivity contribution in [3.63, 3.8) is 0 Å². The Morgan fingerprint density at radius 3 is 2.68 bits per heavy atom. The average molecular weight is 350 g/mol. The molecule has 1 N–H and O–H groups in total. The van der Waals surface area contributed by atoms with Gasteiger partial charge in [0.1, 0.15) is 5.69 Å². The van der Waals surface area contributed by atoms with Gasteiger partial charge in [0.25, 0.3) is 10.8 Å². The van der Waals surface area contributed by atoms with Gasteiger partial charge in [-0.2, -0.15) is 0 Å². The molecule has 2 aromatic carbocycles. The first-order valence-electron chi connectivity index (χ1n) is 7.75. The highest BCUT2D eigenvalue weighted by Gasteiger charge is 2.12. The van der Waals surface area contributed by atoms with Gasteiger partial charge in [0.15, 0.2) is 0 Å². The number of nitrogens with one attached hydrogen (secondary N) is 1. The molecule has 4 rings (SSSR count). The summed E-state index contributed by atoms with van der Waals surface area (Å²) < 4.78 is 5.62. The predicted molar refractivity (Wildman–Crippen MR) is 95.5 cm³/mol. The standard InChI is InChI=1S/C18H14N4O2S/c23-17-15(19-13-8-4-5-9-14(13)20-17)10-16-21-22-18(24-16)25-11-12-6-2-1-3-7-12/h1-9H,10-11H2,(H,20,23). The lowest BCUT2D eigenvalue weighted by atomic mass is 10.2. The largest absolute Gasteiger partial charge is 0.416 e. The zero-order valence-corrected chi connectivity index (χ0v) is 14.0. The molecule has 2 aromatic heterocycles. The van der Waals surface area contributed by atoms with Crippen LogP contribution in [0, 0.1) is 0 Å². The maximum Gasteiger partial charge on any atom is 0.276 e. The van der Waals surface area contributed by atoms with Crippen LogP contribution in [-0.4, -0.2) is 20.2 Å². The summed E-state index contributed by atoms with van der Waals surface area (Å²) in [4.78, 5) is 19.4. The molecule has 0 saturated heterocycles. The van der Waals surface area contributed by atoms with Crippen molar-refractivity contribution < 1.29 is 4.42 Å². The minimum Gasteiger partial charge on any atom is -0.416 e. The highest BCUT2D eigenvalue weighted by molar-refractivity contribution is 7.98. The fourth-order valence-corrected chi connectivity index (χ4v) is 3.15. The zero-order valence-electron chi connectivity index (χ0n) is 13.2. The third-order valence-corrected chi connectivity index (χ3v) is 4.53. The summed E-state index contributed by atoms with van der Waals surface area (Å²) >= 11 is 1.47. The number of thioether (sulfide) groups is 1. The van der Waals surface area contributed by atoms with E-state index in [0.717, 1.165) is 11.3 Å². The van der Waals surface area contributed by atoms with Crippen molar-refractivity contribution >= 4 is 22.8 Å². The molecule has 25 heavy (non-hydrogen) atoms. The number of hydrogen-bond donors (Lipinski definition) is 1. The van der Waals surface area contributed by atoms with Crippen LogP contribution in [-0.2, 0) is 12.2 Å². The van der Waals surface area contributed by atoms with E-state index in [-0.39, 0.29) is 12.0 Å². The Hall–Kier alpha value is -2.93. The topological polar surface area (TPSA) is 84.7 Å². The van der Waals surface area contributed by atoms with Crippen LogP contribution in [0.1, 0.15) is 17.1 Å². The van der Waals surface area contributed by atoms with Crippen LogP contribution in [0.15, 0.2) is 69.0 Å². The lowest BCUT2D eigenvalue weighted by Crippen LogP contribution is -2.15. The van der Waals surface area contributed by atoms with Crippen molar-refractivity contribution in [2.24, 2.45) is 0 Å². The Balaban J connectivity index is 1.49. The molecule has 0 unspecified atom stereocenters. The van der Waals surface area contributed by atoms with Crippen molar-refractivity contribution in [2.75, 3.05) is 0 Å². The van der Waals surface area contributed by atoms with Crippen molar-refractivity contribution in [1.29, 1.82) is 0 Å². The van der Waals surface area contributed by atoms with Crippen LogP contribution >= 0.6 is 11.8 Å². The van der Waals surface area contributed by atoms with Crippen LogP contribution in [0.4, 0.5) is 0 Å². The fraction of sp³-hybridized carbons (Fsp3) is 0.111. The highest BCUT2D eigenvalue weighted by atomic mass is 32.2. The molecule has 0 aliphatic rings. The second kappa shape index (κ2) is 6.90. The average Bonchev–Trinajstić information content (AvgIpc) is 3.09. The maximum atomic E-state index is 12.1. The first-order valence-corrected chi connectivity index (χ1v) is 8.73. The molecule has 0 saturated carbocycles. The summed E-state index contributed by atoms with van der Waals surface area (Å²) in [5.74, 6) is 1.13. The molecule has 7 heteroatoms. The van der Waals surface area contributed by atoms with Crippen molar-refractivity contribution in [1.82, 2.24) is 20.2 Å². The lowest BCUT2D eigenvalue weighted by molar-refractivity contribution is 0.419. The highest BCUT2D eigenvalue weighted by Crippen LogP contribution is 2.21. The molecular formula is C18H14N4O2S. The van der Waals surface area contributed by atoms with Gasteiger partial charge in [0.05, 0.1) is 17.5 Å². The first kappa shape index (κ1) is 15.6. The molecule has 0 atom stereocenters. The van der Waals surface area contributed by atoms with Gasteiger partial charge in [0.2, 0.25) is 5.89 Å². The van der Waals surface area contributed by atoms with Gasteiger partial charge >= 0.3 is 0 Å². The quantitative estimate of drug-likeness (QED) is 0.557. The van der Waals surface area contributed by atoms with E-state index < -0.39 is 0 Å². The Morgan fingerprint density at radius 1 is 1.00 bits per heavy atom. The van der Waals surface area contributed by atoms with Crippen molar-refractivity contribution in [2.45, 2.75) is 17.4 Å². The number of benzene rings is 2. The summed E-state index contributed by atoms with van der Waals surface area (Å²) in [6.07, 6.45) is 0.207. The van der Waals surface area contributed by atoms with Crippen LogP contribution in [0.3, 0.4) is 0 Å². The smallest absolute Gasteiger partial charge is 0.276 e. The Morgan fingerprint density at radius 2 is 1.80 bits per heavy atom. The van der Waals surface area contributed by atoms with Crippen LogP contribution in [0.25, 0.3) is 11.0 Å². The van der Waals surface area contributed by atoms with Crippen molar-refractivity contribution in [3.8, 4) is 0 Å². The molecular weight excluding hydrogens is 336 g/mol. The number of aromatic amines is 1. The summed E-state index contributed by atoms with van der Waals surface area (Å²) in [5.41, 5.74) is 2.74. The van der Waals surface area contributed by atoms with Crippen LogP contribution < -0.4 is 5.56 Å². The van der Waals surface area contributed by atoms with Crippen LogP contribution in [0.2, 0.25) is 0 Å². The maximum absolute atomic E-state index is 12.1. The van der Waals surface area contributed by atoms with Crippen LogP contribution in [0.5, 0.6) is 0 Å². The third kappa shape index (κ3) is 3.61. The summed E-state index contributed by atoms with van der Waals surface area (Å²) in [7, 11) is 0. The Bertz CT molecular complexity index is 1060. The number of fused-ring (bicyclic) bond motifs is 1. The van der Waals surface area contributed by atoms with E-state index >= 15 is 0 Å². The molecule has 0 fully saturated rings. The number of aromatic nitrogens is 4. The number of para-hydroxylation sites is 2. The van der Waals surface area contributed by atoms with Gasteiger partial charge in [-0.1, -0.05) is 54.2 Å². The minimum absolute atomic E-state index is 0.207. The summed E-state index contributed by atoms with van der Waals surface area (Å²) in [5, 5.41) is 8.52. The van der Waals surface area contributed by atoms with E-state index in [1.54, 1.807) is 0 Å². The zero-order chi connectivity index (χ0) is 17.1. The molecule has 124 valence electrons. The second-order valence-corrected chi connectivity index (χ2v) is 6.37. The van der Waals surface area contributed by atoms with Crippen molar-refractivity contribution in [3.05, 3.63) is 82.1 Å². The van der Waals surface area contributed by atoms with E-state index in [9.17, 15) is 4.79 Å². The summed E-state index contributed by atoms with van der Waals surface area (Å²) in [6.45, 7) is 0. The molecule has 0 amide bonds. The lowest BCUT2D eigenvalue weighted by Gasteiger charge is -2.00. The van der Waals surface area contributed by atoms with Gasteiger partial charge < -0.3 is 9.40 Å². The normalized spacial score (nSPS) is 11.0. The molecule has 0 aliphatic heterocycles. The fourth-order valence-electron chi connectivity index (χ4n) is 2.42. The third-order valence-electron chi connectivity index (χ3n) is 3.64. The molecule has 0 bridgehead atoms. The van der Waals surface area contributed by atoms with E-state index in [1.807, 2.05) is 54.6 Å². The van der Waals surface area contributed by atoms with Gasteiger partial charge in [-0.3, -0.25) is 4.79 Å². The molecule has 0 radical (unpaired) electrons. The molecule has 0 spiro atoms. The van der Waals surface area contributed by atoms with Gasteiger partial charge in [-0.15, -0.1) is 10.2 Å². The number of rotatable bonds is 5.